The number of nitrogens with one attached hydrogen (secondary N) is 1. The molecule has 0 fully saturated rings. The van der Waals surface area contributed by atoms with Crippen molar-refractivity contribution >= 4 is 9.84 Å². The Bertz CT molecular complexity index is 1220. The molecule has 3 aromatic rings. The first-order valence-electron chi connectivity index (χ1n) is 9.12. The standard InChI is InChI=1S/C21H22N2O6S/c1-13-8-16(4-5-19(13)30(3,26)27)29-18-10-15(21-22-7-6-20(25)23-21)9-17(11-18)28-14(2)12-24/h4-11,14,24H,12H2,1-3H3,(H,22,23,25). The number of hydrogen-bond donors (Lipinski definition) is 2. The van der Waals surface area contributed by atoms with Crippen molar-refractivity contribution in [1.29, 1.82) is 0 Å². The molecule has 0 saturated carbocycles. The van der Waals surface area contributed by atoms with E-state index in [1.165, 1.54) is 18.3 Å². The Morgan fingerprint density at radius 1 is 1.10 bits per heavy atom. The molecule has 0 radical (unpaired) electrons. The van der Waals surface area contributed by atoms with E-state index in [-0.39, 0.29) is 17.1 Å². The maximum absolute atomic E-state index is 11.8. The first-order valence-corrected chi connectivity index (χ1v) is 11.0. The summed E-state index contributed by atoms with van der Waals surface area (Å²) in [4.78, 5) is 18.7. The van der Waals surface area contributed by atoms with Crippen molar-refractivity contribution in [3.63, 3.8) is 0 Å². The van der Waals surface area contributed by atoms with E-state index < -0.39 is 15.9 Å². The van der Waals surface area contributed by atoms with Gasteiger partial charge in [-0.3, -0.25) is 4.79 Å². The van der Waals surface area contributed by atoms with Crippen molar-refractivity contribution in [2.45, 2.75) is 24.8 Å². The van der Waals surface area contributed by atoms with Crippen molar-refractivity contribution in [2.75, 3.05) is 12.9 Å². The number of H-pyrrole nitrogens is 1. The molecule has 1 aromatic heterocycles. The molecule has 0 spiro atoms. The van der Waals surface area contributed by atoms with Gasteiger partial charge in [0.15, 0.2) is 9.84 Å². The van der Waals surface area contributed by atoms with Gasteiger partial charge < -0.3 is 19.6 Å². The van der Waals surface area contributed by atoms with Crippen LogP contribution in [-0.2, 0) is 9.84 Å². The molecule has 0 aliphatic heterocycles. The Morgan fingerprint density at radius 3 is 2.47 bits per heavy atom. The maximum atomic E-state index is 11.8. The highest BCUT2D eigenvalue weighted by Gasteiger charge is 2.13. The maximum Gasteiger partial charge on any atom is 0.251 e. The van der Waals surface area contributed by atoms with Crippen LogP contribution in [0.5, 0.6) is 17.2 Å². The van der Waals surface area contributed by atoms with Gasteiger partial charge in [-0.2, -0.15) is 0 Å². The molecule has 0 aliphatic rings. The highest BCUT2D eigenvalue weighted by Crippen LogP contribution is 2.32. The number of aromatic nitrogens is 2. The minimum Gasteiger partial charge on any atom is -0.488 e. The molecule has 30 heavy (non-hydrogen) atoms. The molecule has 0 aliphatic carbocycles. The number of aliphatic hydroxyl groups is 1. The molecule has 0 amide bonds. The fraction of sp³-hybridized carbons (Fsp3) is 0.238. The highest BCUT2D eigenvalue weighted by atomic mass is 32.2. The number of aromatic amines is 1. The molecule has 0 saturated heterocycles. The number of aryl methyl sites for hydroxylation is 1. The van der Waals surface area contributed by atoms with Crippen LogP contribution in [-0.4, -0.2) is 42.5 Å². The molecule has 2 aromatic carbocycles. The molecule has 3 rings (SSSR count). The van der Waals surface area contributed by atoms with Crippen molar-refractivity contribution in [1.82, 2.24) is 9.97 Å². The zero-order valence-electron chi connectivity index (χ0n) is 16.7. The Labute approximate surface area is 174 Å². The van der Waals surface area contributed by atoms with Gasteiger partial charge in [-0.05, 0) is 49.7 Å². The summed E-state index contributed by atoms with van der Waals surface area (Å²) in [5.74, 6) is 1.58. The summed E-state index contributed by atoms with van der Waals surface area (Å²) in [5.41, 5.74) is 0.810. The number of aliphatic hydroxyl groups excluding tert-OH is 1. The number of sulfone groups is 1. The van der Waals surface area contributed by atoms with E-state index in [2.05, 4.69) is 9.97 Å². The monoisotopic (exact) mass is 430 g/mol. The predicted molar refractivity (Wildman–Crippen MR) is 112 cm³/mol. The molecule has 2 N–H and O–H groups in total. The molecule has 9 heteroatoms. The molecule has 1 unspecified atom stereocenters. The van der Waals surface area contributed by atoms with Crippen LogP contribution in [0.1, 0.15) is 12.5 Å². The van der Waals surface area contributed by atoms with Gasteiger partial charge in [-0.1, -0.05) is 0 Å². The van der Waals surface area contributed by atoms with Crippen LogP contribution >= 0.6 is 0 Å². The third-order valence-electron chi connectivity index (χ3n) is 4.20. The Kier molecular flexibility index (Phi) is 6.23. The zero-order valence-corrected chi connectivity index (χ0v) is 17.6. The lowest BCUT2D eigenvalue weighted by Gasteiger charge is -2.15. The normalized spacial score (nSPS) is 12.4. The largest absolute Gasteiger partial charge is 0.488 e. The van der Waals surface area contributed by atoms with Crippen LogP contribution in [0, 0.1) is 6.92 Å². The van der Waals surface area contributed by atoms with E-state index in [1.54, 1.807) is 44.2 Å². The van der Waals surface area contributed by atoms with Gasteiger partial charge in [0.05, 0.1) is 11.5 Å². The molecule has 1 heterocycles. The van der Waals surface area contributed by atoms with Gasteiger partial charge in [-0.15, -0.1) is 0 Å². The molecule has 158 valence electrons. The van der Waals surface area contributed by atoms with Crippen LogP contribution < -0.4 is 15.0 Å². The molecule has 1 atom stereocenters. The van der Waals surface area contributed by atoms with Gasteiger partial charge in [0.2, 0.25) is 0 Å². The minimum absolute atomic E-state index is 0.174. The second kappa shape index (κ2) is 8.68. The third kappa shape index (κ3) is 5.25. The highest BCUT2D eigenvalue weighted by molar-refractivity contribution is 7.90. The van der Waals surface area contributed by atoms with Crippen LogP contribution in [0.4, 0.5) is 0 Å². The number of hydrogen-bond acceptors (Lipinski definition) is 7. The number of ether oxygens (including phenoxy) is 2. The first-order chi connectivity index (χ1) is 14.2. The average Bonchev–Trinajstić information content (AvgIpc) is 2.66. The summed E-state index contributed by atoms with van der Waals surface area (Å²) in [6, 6.07) is 11.0. The van der Waals surface area contributed by atoms with E-state index in [0.717, 1.165) is 6.26 Å². The SMILES string of the molecule is Cc1cc(Oc2cc(OC(C)CO)cc(-c3nccc(=O)[nH]3)c2)ccc1S(C)(=O)=O. The van der Waals surface area contributed by atoms with Crippen LogP contribution in [0.3, 0.4) is 0 Å². The molecule has 8 nitrogen and oxygen atoms in total. The summed E-state index contributed by atoms with van der Waals surface area (Å²) < 4.78 is 35.2. The number of nitrogens with zero attached hydrogens (tertiary/aromatic N) is 1. The summed E-state index contributed by atoms with van der Waals surface area (Å²) in [5, 5.41) is 9.28. The van der Waals surface area contributed by atoms with Crippen molar-refractivity contribution in [2.24, 2.45) is 0 Å². The first kappa shape index (κ1) is 21.5. The topological polar surface area (TPSA) is 119 Å². The number of benzene rings is 2. The summed E-state index contributed by atoms with van der Waals surface area (Å²) >= 11 is 0. The fourth-order valence-electron chi connectivity index (χ4n) is 2.86. The van der Waals surface area contributed by atoms with Gasteiger partial charge >= 0.3 is 0 Å². The summed E-state index contributed by atoms with van der Waals surface area (Å²) in [6.45, 7) is 3.23. The number of rotatable bonds is 7. The van der Waals surface area contributed by atoms with E-state index in [4.69, 9.17) is 9.47 Å². The molecule has 0 bridgehead atoms. The summed E-state index contributed by atoms with van der Waals surface area (Å²) in [6.07, 6.45) is 2.09. The van der Waals surface area contributed by atoms with Gasteiger partial charge in [0, 0.05) is 30.1 Å². The quantitative estimate of drug-likeness (QED) is 0.591. The van der Waals surface area contributed by atoms with Crippen LogP contribution in [0.2, 0.25) is 0 Å². The predicted octanol–water partition coefficient (Wildman–Crippen LogP) is 2.70. The lowest BCUT2D eigenvalue weighted by atomic mass is 10.1. The Hall–Kier alpha value is -3.17. The third-order valence-corrected chi connectivity index (χ3v) is 5.46. The molecular weight excluding hydrogens is 408 g/mol. The fourth-order valence-corrected chi connectivity index (χ4v) is 3.82. The second-order valence-electron chi connectivity index (χ2n) is 6.89. The average molecular weight is 430 g/mol. The zero-order chi connectivity index (χ0) is 21.9. The summed E-state index contributed by atoms with van der Waals surface area (Å²) in [7, 11) is -3.33. The van der Waals surface area contributed by atoms with Gasteiger partial charge in [-0.25, -0.2) is 13.4 Å². The van der Waals surface area contributed by atoms with Crippen LogP contribution in [0.15, 0.2) is 58.4 Å². The molecular formula is C21H22N2O6S. The van der Waals surface area contributed by atoms with E-state index in [1.807, 2.05) is 0 Å². The van der Waals surface area contributed by atoms with Gasteiger partial charge in [0.25, 0.3) is 5.56 Å². The van der Waals surface area contributed by atoms with Crippen molar-refractivity contribution in [3.8, 4) is 28.6 Å². The van der Waals surface area contributed by atoms with Crippen LogP contribution in [0.25, 0.3) is 11.4 Å². The van der Waals surface area contributed by atoms with E-state index in [9.17, 15) is 18.3 Å². The Morgan fingerprint density at radius 2 is 1.83 bits per heavy atom. The van der Waals surface area contributed by atoms with E-state index >= 15 is 0 Å². The lowest BCUT2D eigenvalue weighted by Crippen LogP contribution is -2.16. The van der Waals surface area contributed by atoms with Crippen molar-refractivity contribution < 1.29 is 23.0 Å². The smallest absolute Gasteiger partial charge is 0.251 e. The second-order valence-corrected chi connectivity index (χ2v) is 8.87. The minimum atomic E-state index is -3.33. The van der Waals surface area contributed by atoms with Crippen molar-refractivity contribution in [3.05, 3.63) is 64.6 Å². The van der Waals surface area contributed by atoms with Gasteiger partial charge in [0.1, 0.15) is 29.2 Å². The Balaban J connectivity index is 2.01. The lowest BCUT2D eigenvalue weighted by molar-refractivity contribution is 0.129. The van der Waals surface area contributed by atoms with E-state index in [0.29, 0.717) is 34.2 Å².